The van der Waals surface area contributed by atoms with E-state index in [-0.39, 0.29) is 6.10 Å². The van der Waals surface area contributed by atoms with Crippen LogP contribution in [0.1, 0.15) is 36.5 Å². The van der Waals surface area contributed by atoms with Gasteiger partial charge in [0, 0.05) is 12.6 Å². The molecule has 2 fully saturated rings. The lowest BCUT2D eigenvalue weighted by Gasteiger charge is -2.18. The van der Waals surface area contributed by atoms with Crippen LogP contribution in [-0.2, 0) is 4.74 Å². The number of rotatable bonds is 1. The molecule has 1 aromatic carbocycles. The summed E-state index contributed by atoms with van der Waals surface area (Å²) in [6.07, 6.45) is 4.26. The predicted molar refractivity (Wildman–Crippen MR) is 69.0 cm³/mol. The first-order valence-corrected chi connectivity index (χ1v) is 6.75. The van der Waals surface area contributed by atoms with Crippen LogP contribution >= 0.6 is 0 Å². The first kappa shape index (κ1) is 11.2. The van der Waals surface area contributed by atoms with Gasteiger partial charge in [0.2, 0.25) is 0 Å². The standard InChI is InChI=1S/C15H21NO/c1-11-5-2-3-7-13(11)15-9-16-14-8-4-6-12(14)10-17-15/h2-3,5,7,12,14-16H,4,6,8-10H2,1H3. The third-order valence-corrected chi connectivity index (χ3v) is 4.27. The van der Waals surface area contributed by atoms with E-state index >= 15 is 0 Å². The lowest BCUT2D eigenvalue weighted by molar-refractivity contribution is 0.0470. The Morgan fingerprint density at radius 1 is 1.24 bits per heavy atom. The number of fused-ring (bicyclic) bond motifs is 1. The number of nitrogens with one attached hydrogen (secondary N) is 1. The van der Waals surface area contributed by atoms with Gasteiger partial charge in [-0.1, -0.05) is 30.7 Å². The van der Waals surface area contributed by atoms with Crippen LogP contribution in [0.5, 0.6) is 0 Å². The van der Waals surface area contributed by atoms with E-state index < -0.39 is 0 Å². The van der Waals surface area contributed by atoms with Gasteiger partial charge in [-0.15, -0.1) is 0 Å². The Bertz CT molecular complexity index is 376. The van der Waals surface area contributed by atoms with Crippen molar-refractivity contribution in [2.45, 2.75) is 38.3 Å². The highest BCUT2D eigenvalue weighted by atomic mass is 16.5. The molecule has 92 valence electrons. The Morgan fingerprint density at radius 2 is 2.12 bits per heavy atom. The molecule has 0 spiro atoms. The van der Waals surface area contributed by atoms with Gasteiger partial charge in [-0.3, -0.25) is 0 Å². The van der Waals surface area contributed by atoms with Crippen LogP contribution in [-0.4, -0.2) is 19.2 Å². The first-order valence-electron chi connectivity index (χ1n) is 6.75. The first-order chi connectivity index (χ1) is 8.34. The fourth-order valence-electron chi connectivity index (χ4n) is 3.21. The van der Waals surface area contributed by atoms with Gasteiger partial charge in [0.15, 0.2) is 0 Å². The molecule has 1 aliphatic carbocycles. The zero-order valence-electron chi connectivity index (χ0n) is 10.5. The van der Waals surface area contributed by atoms with Crippen molar-refractivity contribution in [2.75, 3.05) is 13.2 Å². The molecular weight excluding hydrogens is 210 g/mol. The summed E-state index contributed by atoms with van der Waals surface area (Å²) in [5.74, 6) is 0.740. The number of benzene rings is 1. The Morgan fingerprint density at radius 3 is 3.00 bits per heavy atom. The average Bonchev–Trinajstić information content (AvgIpc) is 2.70. The van der Waals surface area contributed by atoms with E-state index in [1.807, 2.05) is 0 Å². The third-order valence-electron chi connectivity index (χ3n) is 4.27. The maximum atomic E-state index is 6.12. The molecule has 1 saturated heterocycles. The van der Waals surface area contributed by atoms with Crippen LogP contribution in [0, 0.1) is 12.8 Å². The van der Waals surface area contributed by atoms with Crippen molar-refractivity contribution in [3.8, 4) is 0 Å². The van der Waals surface area contributed by atoms with Crippen molar-refractivity contribution in [3.05, 3.63) is 35.4 Å². The highest BCUT2D eigenvalue weighted by Crippen LogP contribution is 2.31. The normalized spacial score (nSPS) is 33.1. The molecule has 0 bridgehead atoms. The molecule has 1 aromatic rings. The summed E-state index contributed by atoms with van der Waals surface area (Å²) >= 11 is 0. The molecule has 3 atom stereocenters. The molecule has 17 heavy (non-hydrogen) atoms. The Kier molecular flexibility index (Phi) is 3.17. The minimum Gasteiger partial charge on any atom is -0.372 e. The van der Waals surface area contributed by atoms with Gasteiger partial charge in [0.05, 0.1) is 12.7 Å². The largest absolute Gasteiger partial charge is 0.372 e. The molecule has 1 aliphatic heterocycles. The van der Waals surface area contributed by atoms with Gasteiger partial charge in [-0.25, -0.2) is 0 Å². The highest BCUT2D eigenvalue weighted by Gasteiger charge is 2.31. The molecule has 1 saturated carbocycles. The minimum absolute atomic E-state index is 0.238. The zero-order chi connectivity index (χ0) is 11.7. The molecule has 3 unspecified atom stereocenters. The Hall–Kier alpha value is -0.860. The van der Waals surface area contributed by atoms with Crippen molar-refractivity contribution >= 4 is 0 Å². The summed E-state index contributed by atoms with van der Waals surface area (Å²) in [6, 6.07) is 9.27. The van der Waals surface area contributed by atoms with E-state index in [0.29, 0.717) is 6.04 Å². The molecule has 0 aromatic heterocycles. The molecule has 2 aliphatic rings. The summed E-state index contributed by atoms with van der Waals surface area (Å²) < 4.78 is 6.12. The zero-order valence-corrected chi connectivity index (χ0v) is 10.5. The predicted octanol–water partition coefficient (Wildman–Crippen LogP) is 2.82. The second kappa shape index (κ2) is 4.79. The average molecular weight is 231 g/mol. The summed E-state index contributed by atoms with van der Waals surface area (Å²) in [5, 5.41) is 3.69. The summed E-state index contributed by atoms with van der Waals surface area (Å²) in [4.78, 5) is 0. The quantitative estimate of drug-likeness (QED) is 0.802. The van der Waals surface area contributed by atoms with Gasteiger partial charge < -0.3 is 10.1 Å². The smallest absolute Gasteiger partial charge is 0.0951 e. The molecular formula is C15H21NO. The van der Waals surface area contributed by atoms with E-state index in [9.17, 15) is 0 Å². The van der Waals surface area contributed by atoms with E-state index in [1.54, 1.807) is 0 Å². The number of ether oxygens (including phenoxy) is 1. The summed E-state index contributed by atoms with van der Waals surface area (Å²) in [6.45, 7) is 4.06. The van der Waals surface area contributed by atoms with Crippen LogP contribution in [0.2, 0.25) is 0 Å². The molecule has 0 radical (unpaired) electrons. The topological polar surface area (TPSA) is 21.3 Å². The van der Waals surface area contributed by atoms with E-state index in [4.69, 9.17) is 4.74 Å². The van der Waals surface area contributed by atoms with E-state index in [0.717, 1.165) is 19.1 Å². The van der Waals surface area contributed by atoms with E-state index in [2.05, 4.69) is 36.5 Å². The maximum Gasteiger partial charge on any atom is 0.0951 e. The second-order valence-electron chi connectivity index (χ2n) is 5.38. The fraction of sp³-hybridized carbons (Fsp3) is 0.600. The molecule has 1 N–H and O–H groups in total. The summed E-state index contributed by atoms with van der Waals surface area (Å²) in [7, 11) is 0. The van der Waals surface area contributed by atoms with E-state index in [1.165, 1.54) is 30.4 Å². The van der Waals surface area contributed by atoms with Gasteiger partial charge in [-0.2, -0.15) is 0 Å². The lowest BCUT2D eigenvalue weighted by atomic mass is 10.0. The van der Waals surface area contributed by atoms with Crippen molar-refractivity contribution in [1.29, 1.82) is 0 Å². The van der Waals surface area contributed by atoms with Crippen LogP contribution in [0.25, 0.3) is 0 Å². The Labute approximate surface area is 103 Å². The van der Waals surface area contributed by atoms with Crippen molar-refractivity contribution in [2.24, 2.45) is 5.92 Å². The number of hydrogen-bond donors (Lipinski definition) is 1. The second-order valence-corrected chi connectivity index (χ2v) is 5.38. The number of hydrogen-bond acceptors (Lipinski definition) is 2. The van der Waals surface area contributed by atoms with Gasteiger partial charge in [0.25, 0.3) is 0 Å². The van der Waals surface area contributed by atoms with Crippen LogP contribution in [0.3, 0.4) is 0 Å². The van der Waals surface area contributed by atoms with Crippen molar-refractivity contribution in [1.82, 2.24) is 5.32 Å². The van der Waals surface area contributed by atoms with Crippen LogP contribution < -0.4 is 5.32 Å². The molecule has 0 amide bonds. The monoisotopic (exact) mass is 231 g/mol. The maximum absolute atomic E-state index is 6.12. The minimum atomic E-state index is 0.238. The van der Waals surface area contributed by atoms with Gasteiger partial charge in [-0.05, 0) is 36.8 Å². The molecule has 1 heterocycles. The van der Waals surface area contributed by atoms with Crippen LogP contribution in [0.4, 0.5) is 0 Å². The van der Waals surface area contributed by atoms with Crippen molar-refractivity contribution in [3.63, 3.8) is 0 Å². The fourth-order valence-corrected chi connectivity index (χ4v) is 3.21. The number of aryl methyl sites for hydroxylation is 1. The van der Waals surface area contributed by atoms with Gasteiger partial charge >= 0.3 is 0 Å². The van der Waals surface area contributed by atoms with Crippen molar-refractivity contribution < 1.29 is 4.74 Å². The van der Waals surface area contributed by atoms with Crippen LogP contribution in [0.15, 0.2) is 24.3 Å². The lowest BCUT2D eigenvalue weighted by Crippen LogP contribution is -2.32. The Balaban J connectivity index is 1.75. The summed E-state index contributed by atoms with van der Waals surface area (Å²) in [5.41, 5.74) is 2.69. The molecule has 2 nitrogen and oxygen atoms in total. The SMILES string of the molecule is Cc1ccccc1C1CNC2CCCC2CO1. The van der Waals surface area contributed by atoms with Gasteiger partial charge in [0.1, 0.15) is 0 Å². The highest BCUT2D eigenvalue weighted by molar-refractivity contribution is 5.28. The molecule has 2 heteroatoms. The molecule has 3 rings (SSSR count). The third kappa shape index (κ3) is 2.24.